The van der Waals surface area contributed by atoms with Gasteiger partial charge in [-0.25, -0.2) is 4.98 Å². The van der Waals surface area contributed by atoms with Crippen LogP contribution in [0.1, 0.15) is 19.4 Å². The number of para-hydroxylation sites is 1. The van der Waals surface area contributed by atoms with Crippen LogP contribution in [0.2, 0.25) is 0 Å². The third-order valence-electron chi connectivity index (χ3n) is 4.30. The molecule has 3 aromatic rings. The van der Waals surface area contributed by atoms with Gasteiger partial charge in [0, 0.05) is 23.3 Å². The average Bonchev–Trinajstić information content (AvgIpc) is 3.13. The fourth-order valence-electron chi connectivity index (χ4n) is 3.24. The maximum atomic E-state index is 9.41. The zero-order valence-corrected chi connectivity index (χ0v) is 15.4. The van der Waals surface area contributed by atoms with E-state index < -0.39 is 5.79 Å². The van der Waals surface area contributed by atoms with E-state index in [-0.39, 0.29) is 11.5 Å². The number of hydrogen-bond donors (Lipinski definition) is 0. The van der Waals surface area contributed by atoms with Gasteiger partial charge in [-0.1, -0.05) is 36.0 Å². The first-order chi connectivity index (χ1) is 12.6. The lowest BCUT2D eigenvalue weighted by molar-refractivity contribution is -0.141. The second-order valence-corrected chi connectivity index (χ2v) is 7.77. The molecule has 0 aliphatic carbocycles. The summed E-state index contributed by atoms with van der Waals surface area (Å²) in [6.07, 6.45) is 3.51. The van der Waals surface area contributed by atoms with E-state index in [1.807, 2.05) is 62.5 Å². The predicted octanol–water partition coefficient (Wildman–Crippen LogP) is 4.18. The van der Waals surface area contributed by atoms with Crippen LogP contribution in [0.3, 0.4) is 0 Å². The van der Waals surface area contributed by atoms with Crippen molar-refractivity contribution in [3.8, 4) is 6.07 Å². The molecule has 1 aliphatic heterocycles. The molecule has 0 radical (unpaired) electrons. The van der Waals surface area contributed by atoms with Crippen molar-refractivity contribution in [1.29, 1.82) is 5.26 Å². The number of benzene rings is 1. The van der Waals surface area contributed by atoms with E-state index in [1.165, 1.54) is 0 Å². The molecule has 6 heteroatoms. The van der Waals surface area contributed by atoms with Crippen LogP contribution in [0.4, 0.5) is 0 Å². The molecule has 2 atom stereocenters. The summed E-state index contributed by atoms with van der Waals surface area (Å²) in [5.41, 5.74) is 1.53. The lowest BCUT2D eigenvalue weighted by atomic mass is 10.2. The van der Waals surface area contributed by atoms with Crippen molar-refractivity contribution in [2.75, 3.05) is 0 Å². The maximum absolute atomic E-state index is 9.41. The van der Waals surface area contributed by atoms with Gasteiger partial charge in [-0.3, -0.25) is 0 Å². The molecule has 132 valence electrons. The number of nitrogens with zero attached hydrogens (tertiary/aromatic N) is 3. The Hall–Kier alpha value is -2.33. The molecule has 0 bridgehead atoms. The molecule has 2 aromatic heterocycles. The van der Waals surface area contributed by atoms with Crippen molar-refractivity contribution < 1.29 is 9.47 Å². The number of pyridine rings is 1. The van der Waals surface area contributed by atoms with Gasteiger partial charge in [0.2, 0.25) is 0 Å². The monoisotopic (exact) mass is 365 g/mol. The highest BCUT2D eigenvalue weighted by Crippen LogP contribution is 2.38. The molecule has 0 N–H and O–H groups in total. The van der Waals surface area contributed by atoms with Crippen LogP contribution in [0.25, 0.3) is 10.9 Å². The summed E-state index contributed by atoms with van der Waals surface area (Å²) in [5, 5.41) is 11.3. The molecule has 3 heterocycles. The van der Waals surface area contributed by atoms with E-state index in [0.717, 1.165) is 15.9 Å². The lowest BCUT2D eigenvalue weighted by Crippen LogP contribution is -2.25. The zero-order valence-electron chi connectivity index (χ0n) is 14.6. The van der Waals surface area contributed by atoms with Crippen molar-refractivity contribution in [3.63, 3.8) is 0 Å². The van der Waals surface area contributed by atoms with Crippen molar-refractivity contribution in [3.05, 3.63) is 60.4 Å². The highest BCUT2D eigenvalue weighted by Gasteiger charge is 2.42. The Kier molecular flexibility index (Phi) is 4.45. The first kappa shape index (κ1) is 17.1. The number of ether oxygens (including phenoxy) is 2. The number of nitriles is 1. The summed E-state index contributed by atoms with van der Waals surface area (Å²) in [6, 6.07) is 16.0. The van der Waals surface area contributed by atoms with E-state index >= 15 is 0 Å². The lowest BCUT2D eigenvalue weighted by Gasteiger charge is -2.17. The minimum atomic E-state index is -0.655. The molecular weight excluding hydrogens is 346 g/mol. The van der Waals surface area contributed by atoms with Gasteiger partial charge < -0.3 is 14.0 Å². The highest BCUT2D eigenvalue weighted by atomic mass is 32.2. The highest BCUT2D eigenvalue weighted by molar-refractivity contribution is 7.99. The first-order valence-corrected chi connectivity index (χ1v) is 9.35. The van der Waals surface area contributed by atoms with Crippen LogP contribution in [0.15, 0.2) is 59.9 Å². The van der Waals surface area contributed by atoms with Gasteiger partial charge in [-0.15, -0.1) is 0 Å². The summed E-state index contributed by atoms with van der Waals surface area (Å²) in [6.45, 7) is 4.46. The topological polar surface area (TPSA) is 60.1 Å². The maximum Gasteiger partial charge on any atom is 0.165 e. The Morgan fingerprint density at radius 3 is 2.77 bits per heavy atom. The molecule has 0 unspecified atom stereocenters. The Morgan fingerprint density at radius 1 is 1.19 bits per heavy atom. The van der Waals surface area contributed by atoms with Crippen molar-refractivity contribution in [2.24, 2.45) is 0 Å². The first-order valence-electron chi connectivity index (χ1n) is 8.47. The van der Waals surface area contributed by atoms with Crippen LogP contribution in [0, 0.1) is 11.3 Å². The third kappa shape index (κ3) is 3.34. The molecule has 1 aliphatic rings. The minimum absolute atomic E-state index is 0.153. The summed E-state index contributed by atoms with van der Waals surface area (Å²) < 4.78 is 14.3. The molecular formula is C20H19N3O2S. The predicted molar refractivity (Wildman–Crippen MR) is 101 cm³/mol. The summed E-state index contributed by atoms with van der Waals surface area (Å²) in [4.78, 5) is 4.38. The van der Waals surface area contributed by atoms with Crippen LogP contribution in [-0.4, -0.2) is 26.9 Å². The van der Waals surface area contributed by atoms with Gasteiger partial charge in [0.25, 0.3) is 0 Å². The summed E-state index contributed by atoms with van der Waals surface area (Å²) >= 11 is 1.56. The Balaban J connectivity index is 1.62. The Labute approximate surface area is 156 Å². The SMILES string of the molecule is CC1(C)O[C@@H](Cn2cc(C#N)c3ccccc32)[C@H](Sc2ccccn2)O1. The number of hydrogen-bond acceptors (Lipinski definition) is 5. The molecule has 0 amide bonds. The van der Waals surface area contributed by atoms with Crippen LogP contribution < -0.4 is 0 Å². The number of fused-ring (bicyclic) bond motifs is 1. The van der Waals surface area contributed by atoms with Crippen LogP contribution in [-0.2, 0) is 16.0 Å². The van der Waals surface area contributed by atoms with Crippen molar-refractivity contribution in [1.82, 2.24) is 9.55 Å². The second-order valence-electron chi connectivity index (χ2n) is 6.65. The van der Waals surface area contributed by atoms with Gasteiger partial charge in [-0.05, 0) is 32.0 Å². The molecule has 0 saturated carbocycles. The van der Waals surface area contributed by atoms with Crippen molar-refractivity contribution in [2.45, 2.75) is 42.7 Å². The van der Waals surface area contributed by atoms with E-state index in [4.69, 9.17) is 9.47 Å². The quantitative estimate of drug-likeness (QED) is 0.694. The summed E-state index contributed by atoms with van der Waals surface area (Å²) in [7, 11) is 0. The molecule has 5 nitrogen and oxygen atoms in total. The van der Waals surface area contributed by atoms with E-state index in [9.17, 15) is 5.26 Å². The zero-order chi connectivity index (χ0) is 18.1. The standard InChI is InChI=1S/C20H19N3O2S/c1-20(2)24-17(19(25-20)26-18-9-5-6-10-22-18)13-23-12-14(11-21)15-7-3-4-8-16(15)23/h3-10,12,17,19H,13H2,1-2H3/t17-,19-/m0/s1. The van der Waals surface area contributed by atoms with Gasteiger partial charge in [0.15, 0.2) is 5.79 Å². The summed E-state index contributed by atoms with van der Waals surface area (Å²) in [5.74, 6) is -0.655. The van der Waals surface area contributed by atoms with Gasteiger partial charge in [0.05, 0.1) is 17.1 Å². The second kappa shape index (κ2) is 6.76. The molecule has 0 spiro atoms. The van der Waals surface area contributed by atoms with E-state index in [1.54, 1.807) is 18.0 Å². The fraction of sp³-hybridized carbons (Fsp3) is 0.300. The van der Waals surface area contributed by atoms with Crippen LogP contribution in [0.5, 0.6) is 0 Å². The number of thioether (sulfide) groups is 1. The third-order valence-corrected chi connectivity index (χ3v) is 5.41. The Bertz CT molecular complexity index is 962. The minimum Gasteiger partial charge on any atom is -0.343 e. The number of aromatic nitrogens is 2. The largest absolute Gasteiger partial charge is 0.343 e. The molecule has 4 rings (SSSR count). The van der Waals surface area contributed by atoms with Gasteiger partial charge in [-0.2, -0.15) is 5.26 Å². The average molecular weight is 365 g/mol. The van der Waals surface area contributed by atoms with Crippen LogP contribution >= 0.6 is 11.8 Å². The normalized spacial score (nSPS) is 21.7. The Morgan fingerprint density at radius 2 is 2.00 bits per heavy atom. The van der Waals surface area contributed by atoms with Crippen molar-refractivity contribution >= 4 is 22.7 Å². The van der Waals surface area contributed by atoms with E-state index in [2.05, 4.69) is 15.6 Å². The fourth-order valence-corrected chi connectivity index (χ4v) is 4.33. The molecule has 1 fully saturated rings. The van der Waals surface area contributed by atoms with Gasteiger partial charge in [0.1, 0.15) is 17.6 Å². The van der Waals surface area contributed by atoms with Gasteiger partial charge >= 0.3 is 0 Å². The molecule has 26 heavy (non-hydrogen) atoms. The molecule has 1 aromatic carbocycles. The van der Waals surface area contributed by atoms with E-state index in [0.29, 0.717) is 12.1 Å². The molecule has 1 saturated heterocycles. The number of rotatable bonds is 4. The smallest absolute Gasteiger partial charge is 0.165 e.